The molecule has 0 radical (unpaired) electrons. The summed E-state index contributed by atoms with van der Waals surface area (Å²) in [6.45, 7) is 0. The Kier molecular flexibility index (Phi) is 2.49. The lowest BCUT2D eigenvalue weighted by Gasteiger charge is -2.05. The van der Waals surface area contributed by atoms with Gasteiger partial charge in [-0.3, -0.25) is 4.79 Å². The monoisotopic (exact) mass is 222 g/mol. The number of aromatic nitrogens is 1. The van der Waals surface area contributed by atoms with Gasteiger partial charge in [-0.1, -0.05) is 12.1 Å². The van der Waals surface area contributed by atoms with Gasteiger partial charge in [-0.05, 0) is 6.07 Å². The first kappa shape index (κ1) is 10.4. The summed E-state index contributed by atoms with van der Waals surface area (Å²) in [5, 5.41) is 8.84. The van der Waals surface area contributed by atoms with Gasteiger partial charge in [0, 0.05) is 5.56 Å². The zero-order valence-electron chi connectivity index (χ0n) is 8.51. The second-order valence-electron chi connectivity index (χ2n) is 3.19. The van der Waals surface area contributed by atoms with Crippen molar-refractivity contribution >= 4 is 17.1 Å². The van der Waals surface area contributed by atoms with Gasteiger partial charge in [0.2, 0.25) is 0 Å². The van der Waals surface area contributed by atoms with E-state index in [1.165, 1.54) is 7.11 Å². The van der Waals surface area contributed by atoms with Crippen LogP contribution in [0.2, 0.25) is 0 Å². The van der Waals surface area contributed by atoms with Crippen LogP contribution in [0.1, 0.15) is 11.6 Å². The van der Waals surface area contributed by atoms with Crippen LogP contribution in [-0.4, -0.2) is 23.2 Å². The van der Waals surface area contributed by atoms with Crippen LogP contribution >= 0.6 is 0 Å². The number of oxazole rings is 1. The van der Waals surface area contributed by atoms with E-state index in [4.69, 9.17) is 20.0 Å². The first-order valence-corrected chi connectivity index (χ1v) is 4.55. The van der Waals surface area contributed by atoms with E-state index in [-0.39, 0.29) is 6.08 Å². The number of nitrogens with zero attached hydrogens (tertiary/aromatic N) is 1. The Balaban J connectivity index is 2.60. The molecule has 0 bridgehead atoms. The topological polar surface area (TPSA) is 98.6 Å². The second kappa shape index (κ2) is 3.82. The van der Waals surface area contributed by atoms with Gasteiger partial charge in [0.05, 0.1) is 7.11 Å². The van der Waals surface area contributed by atoms with Crippen LogP contribution in [0, 0.1) is 0 Å². The Morgan fingerprint density at radius 1 is 1.62 bits per heavy atom. The number of nitrogens with two attached hydrogens (primary N) is 1. The van der Waals surface area contributed by atoms with Crippen LogP contribution in [-0.2, 0) is 4.79 Å². The van der Waals surface area contributed by atoms with Crippen molar-refractivity contribution in [3.05, 3.63) is 23.8 Å². The van der Waals surface area contributed by atoms with Crippen LogP contribution in [0.3, 0.4) is 0 Å². The summed E-state index contributed by atoms with van der Waals surface area (Å²) >= 11 is 0. The zero-order valence-corrected chi connectivity index (χ0v) is 8.51. The minimum Gasteiger partial charge on any atom is -0.480 e. The average Bonchev–Trinajstić information content (AvgIpc) is 2.70. The van der Waals surface area contributed by atoms with Crippen molar-refractivity contribution in [3.63, 3.8) is 0 Å². The molecule has 1 aromatic heterocycles. The summed E-state index contributed by atoms with van der Waals surface area (Å²) in [5.41, 5.74) is 6.79. The van der Waals surface area contributed by atoms with Crippen LogP contribution in [0.5, 0.6) is 6.08 Å². The number of carboxylic acid groups (broad SMARTS) is 1. The van der Waals surface area contributed by atoms with E-state index in [0.717, 1.165) is 0 Å². The Morgan fingerprint density at radius 3 is 3.00 bits per heavy atom. The molecule has 0 aliphatic rings. The third-order valence-electron chi connectivity index (χ3n) is 2.21. The molecule has 0 fully saturated rings. The molecule has 0 spiro atoms. The fourth-order valence-corrected chi connectivity index (χ4v) is 1.42. The van der Waals surface area contributed by atoms with E-state index in [9.17, 15) is 4.79 Å². The Labute approximate surface area is 90.6 Å². The van der Waals surface area contributed by atoms with Crippen LogP contribution < -0.4 is 10.5 Å². The summed E-state index contributed by atoms with van der Waals surface area (Å²) in [6, 6.07) is 3.80. The van der Waals surface area contributed by atoms with Gasteiger partial charge in [-0.2, -0.15) is 4.98 Å². The van der Waals surface area contributed by atoms with E-state index in [1.807, 2.05) is 0 Å². The minimum atomic E-state index is -1.13. The molecule has 1 aromatic carbocycles. The number of aliphatic carboxylic acids is 1. The standard InChI is InChI=1S/C10H10N2O4/c1-15-10-12-8-5(7(11)9(13)14)3-2-4-6(8)16-10/h2-4,7H,11H2,1H3,(H,13,14). The minimum absolute atomic E-state index is 0.0834. The third kappa shape index (κ3) is 1.59. The third-order valence-corrected chi connectivity index (χ3v) is 2.21. The SMILES string of the molecule is COc1nc2c(C(N)C(=O)O)cccc2o1. The molecular weight excluding hydrogens is 212 g/mol. The summed E-state index contributed by atoms with van der Waals surface area (Å²) in [7, 11) is 1.42. The van der Waals surface area contributed by atoms with Crippen molar-refractivity contribution in [2.45, 2.75) is 6.04 Å². The lowest BCUT2D eigenvalue weighted by atomic mass is 10.1. The van der Waals surface area contributed by atoms with E-state index in [0.29, 0.717) is 16.7 Å². The molecule has 0 aliphatic carbocycles. The number of carbonyl (C=O) groups is 1. The molecule has 3 N–H and O–H groups in total. The molecule has 84 valence electrons. The van der Waals surface area contributed by atoms with Gasteiger partial charge in [0.25, 0.3) is 0 Å². The molecule has 0 aliphatic heterocycles. The number of benzene rings is 1. The quantitative estimate of drug-likeness (QED) is 0.801. The van der Waals surface area contributed by atoms with E-state index < -0.39 is 12.0 Å². The maximum Gasteiger partial charge on any atom is 0.394 e. The summed E-state index contributed by atoms with van der Waals surface area (Å²) < 4.78 is 10.0. The van der Waals surface area contributed by atoms with E-state index in [2.05, 4.69) is 4.98 Å². The maximum absolute atomic E-state index is 10.8. The molecule has 1 atom stereocenters. The van der Waals surface area contributed by atoms with Crippen molar-refractivity contribution < 1.29 is 19.1 Å². The number of hydrogen-bond acceptors (Lipinski definition) is 5. The van der Waals surface area contributed by atoms with Crippen LogP contribution in [0.15, 0.2) is 22.6 Å². The molecule has 0 amide bonds. The first-order chi connectivity index (χ1) is 7.63. The number of rotatable bonds is 3. The lowest BCUT2D eigenvalue weighted by molar-refractivity contribution is -0.138. The van der Waals surface area contributed by atoms with Gasteiger partial charge < -0.3 is 20.0 Å². The smallest absolute Gasteiger partial charge is 0.394 e. The van der Waals surface area contributed by atoms with Crippen molar-refractivity contribution in [1.29, 1.82) is 0 Å². The average molecular weight is 222 g/mol. The Hall–Kier alpha value is -2.08. The molecule has 0 saturated carbocycles. The van der Waals surface area contributed by atoms with Crippen molar-refractivity contribution in [2.75, 3.05) is 7.11 Å². The molecular formula is C10H10N2O4. The highest BCUT2D eigenvalue weighted by molar-refractivity contribution is 5.85. The fraction of sp³-hybridized carbons (Fsp3) is 0.200. The fourth-order valence-electron chi connectivity index (χ4n) is 1.42. The molecule has 1 heterocycles. The number of methoxy groups -OCH3 is 1. The largest absolute Gasteiger partial charge is 0.480 e. The second-order valence-corrected chi connectivity index (χ2v) is 3.19. The van der Waals surface area contributed by atoms with Crippen molar-refractivity contribution in [2.24, 2.45) is 5.73 Å². The highest BCUT2D eigenvalue weighted by Crippen LogP contribution is 2.26. The number of fused-ring (bicyclic) bond motifs is 1. The zero-order chi connectivity index (χ0) is 11.7. The number of carboxylic acids is 1. The number of hydrogen-bond donors (Lipinski definition) is 2. The van der Waals surface area contributed by atoms with Crippen molar-refractivity contribution in [1.82, 2.24) is 4.98 Å². The van der Waals surface area contributed by atoms with Crippen LogP contribution in [0.25, 0.3) is 11.1 Å². The molecule has 6 nitrogen and oxygen atoms in total. The van der Waals surface area contributed by atoms with Gasteiger partial charge in [0.1, 0.15) is 11.6 Å². The molecule has 16 heavy (non-hydrogen) atoms. The van der Waals surface area contributed by atoms with Gasteiger partial charge in [-0.15, -0.1) is 0 Å². The van der Waals surface area contributed by atoms with Gasteiger partial charge >= 0.3 is 12.0 Å². The Morgan fingerprint density at radius 2 is 2.38 bits per heavy atom. The highest BCUT2D eigenvalue weighted by atomic mass is 16.6. The normalized spacial score (nSPS) is 12.6. The maximum atomic E-state index is 10.8. The molecule has 0 saturated heterocycles. The van der Waals surface area contributed by atoms with Gasteiger partial charge in [-0.25, -0.2) is 0 Å². The molecule has 2 aromatic rings. The molecule has 1 unspecified atom stereocenters. The van der Waals surface area contributed by atoms with E-state index >= 15 is 0 Å². The lowest BCUT2D eigenvalue weighted by Crippen LogP contribution is -2.20. The molecule has 6 heteroatoms. The predicted molar refractivity (Wildman–Crippen MR) is 55.1 cm³/mol. The predicted octanol–water partition coefficient (Wildman–Crippen LogP) is 0.921. The highest BCUT2D eigenvalue weighted by Gasteiger charge is 2.20. The van der Waals surface area contributed by atoms with Crippen LogP contribution in [0.4, 0.5) is 0 Å². The number of para-hydroxylation sites is 1. The summed E-state index contributed by atoms with van der Waals surface area (Å²) in [4.78, 5) is 14.8. The summed E-state index contributed by atoms with van der Waals surface area (Å²) in [6.07, 6.45) is 0.0834. The molecule has 2 rings (SSSR count). The Bertz CT molecular complexity index is 535. The van der Waals surface area contributed by atoms with E-state index in [1.54, 1.807) is 18.2 Å². The van der Waals surface area contributed by atoms with Crippen molar-refractivity contribution in [3.8, 4) is 6.08 Å². The number of ether oxygens (including phenoxy) is 1. The summed E-state index contributed by atoms with van der Waals surface area (Å²) in [5.74, 6) is -1.12. The first-order valence-electron chi connectivity index (χ1n) is 4.55. The van der Waals surface area contributed by atoms with Gasteiger partial charge in [0.15, 0.2) is 5.58 Å².